The Kier molecular flexibility index (Phi) is 12.0. The molecule has 9 heteroatoms. The summed E-state index contributed by atoms with van der Waals surface area (Å²) in [6.45, 7) is 3.63. The van der Waals surface area contributed by atoms with E-state index in [2.05, 4.69) is 14.6 Å². The molecule has 2 rings (SSSR count). The summed E-state index contributed by atoms with van der Waals surface area (Å²) in [6.07, 6.45) is 9.81. The Morgan fingerprint density at radius 2 is 1.89 bits per heavy atom. The Morgan fingerprint density at radius 3 is 2.54 bits per heavy atom. The molecule has 2 amide bonds. The first kappa shape index (κ1) is 29.1. The minimum atomic E-state index is -0.810. The molecule has 2 N–H and O–H groups in total. The van der Waals surface area contributed by atoms with Gasteiger partial charge in [-0.15, -0.1) is 9.24 Å². The van der Waals surface area contributed by atoms with Crippen LogP contribution in [0.3, 0.4) is 0 Å². The van der Waals surface area contributed by atoms with Gasteiger partial charge < -0.3 is 14.6 Å². The Hall–Kier alpha value is -2.15. The molecule has 6 atom stereocenters. The van der Waals surface area contributed by atoms with Crippen molar-refractivity contribution >= 4 is 32.8 Å². The number of piperidine rings is 1. The van der Waals surface area contributed by atoms with Gasteiger partial charge in [-0.2, -0.15) is 0 Å². The molecule has 0 spiro atoms. The lowest BCUT2D eigenvalue weighted by atomic mass is 9.90. The Balaban J connectivity index is 2.11. The summed E-state index contributed by atoms with van der Waals surface area (Å²) < 4.78 is 11.1. The van der Waals surface area contributed by atoms with E-state index in [0.29, 0.717) is 31.3 Å². The molecule has 0 aromatic rings. The first-order valence-corrected chi connectivity index (χ1v) is 12.8. The van der Waals surface area contributed by atoms with Crippen molar-refractivity contribution in [1.29, 1.82) is 0 Å². The quantitative estimate of drug-likeness (QED) is 0.235. The molecule has 8 nitrogen and oxygen atoms in total. The minimum absolute atomic E-state index is 0.0592. The Labute approximate surface area is 209 Å². The number of hydrogen-bond donors (Lipinski definition) is 2. The smallest absolute Gasteiger partial charge is 0.331 e. The van der Waals surface area contributed by atoms with Gasteiger partial charge in [-0.3, -0.25) is 19.7 Å². The zero-order chi connectivity index (χ0) is 26.0. The number of hydrogen-bond acceptors (Lipinski definition) is 7. The first-order valence-electron chi connectivity index (χ1n) is 12.2. The molecular formula is C26H38NO7P. The van der Waals surface area contributed by atoms with E-state index in [4.69, 9.17) is 9.47 Å². The predicted octanol–water partition coefficient (Wildman–Crippen LogP) is 2.80. The number of Topliss-reactive ketones (excluding diaryl/α,β-unsaturated/α-hetero) is 1. The zero-order valence-electron chi connectivity index (χ0n) is 20.8. The van der Waals surface area contributed by atoms with Crippen molar-refractivity contribution in [3.05, 3.63) is 36.0 Å². The van der Waals surface area contributed by atoms with Gasteiger partial charge >= 0.3 is 5.97 Å². The predicted molar refractivity (Wildman–Crippen MR) is 135 cm³/mol. The van der Waals surface area contributed by atoms with Crippen LogP contribution in [0, 0.1) is 11.8 Å². The zero-order valence-corrected chi connectivity index (χ0v) is 21.9. The molecule has 1 unspecified atom stereocenters. The molecule has 1 saturated heterocycles. The monoisotopic (exact) mass is 507 g/mol. The highest BCUT2D eigenvalue weighted by Crippen LogP contribution is 2.26. The average Bonchev–Trinajstić information content (AvgIpc) is 2.79. The number of esters is 1. The van der Waals surface area contributed by atoms with Crippen molar-refractivity contribution < 1.29 is 33.8 Å². The fraction of sp³-hybridized carbons (Fsp3) is 0.615. The average molecular weight is 508 g/mol. The molecule has 2 aliphatic heterocycles. The summed E-state index contributed by atoms with van der Waals surface area (Å²) in [4.78, 5) is 48.6. The van der Waals surface area contributed by atoms with Gasteiger partial charge in [0.25, 0.3) is 0 Å². The van der Waals surface area contributed by atoms with Gasteiger partial charge in [0.05, 0.1) is 11.8 Å². The van der Waals surface area contributed by atoms with Crippen LogP contribution < -0.4 is 5.32 Å². The minimum Gasteiger partial charge on any atom is -0.454 e. The van der Waals surface area contributed by atoms with E-state index in [1.54, 1.807) is 20.1 Å². The number of rotatable bonds is 7. The summed E-state index contributed by atoms with van der Waals surface area (Å²) in [5, 5.41) is 13.1. The van der Waals surface area contributed by atoms with Crippen molar-refractivity contribution in [3.63, 3.8) is 0 Å². The number of allylic oxidation sites excluding steroid dienone is 2. The Bertz CT molecular complexity index is 850. The van der Waals surface area contributed by atoms with Crippen LogP contribution in [-0.2, 0) is 28.7 Å². The molecule has 0 aliphatic carbocycles. The number of aliphatic hydroxyl groups excluding tert-OH is 1. The fourth-order valence-electron chi connectivity index (χ4n) is 4.41. The summed E-state index contributed by atoms with van der Waals surface area (Å²) in [5.41, 5.74) is -0.00709. The standard InChI is InChI=1S/C26H38NO7P/c1-16-13-17(2)25(34-23(31)12-7-5-4-6-11-20(33-3)24(16)32)26(35)19(28)10-8-9-18-14-21(29)27-22(30)15-18/h6-7,11-13,16,18,20,24-26,32H,4-5,8-10,14-15,35H2,1-3H3,(H,27,29,30)/b11-6+,12-7+,17-13-/t16-,20+,24+,25+,26-/m1/s1. The molecular weight excluding hydrogens is 469 g/mol. The van der Waals surface area contributed by atoms with E-state index in [-0.39, 0.29) is 48.7 Å². The molecule has 2 heterocycles. The highest BCUT2D eigenvalue weighted by molar-refractivity contribution is 7.19. The normalized spacial score (nSPS) is 31.3. The van der Waals surface area contributed by atoms with Gasteiger partial charge in [0.15, 0.2) is 0 Å². The van der Waals surface area contributed by atoms with E-state index < -0.39 is 29.9 Å². The van der Waals surface area contributed by atoms with E-state index in [0.717, 1.165) is 0 Å². The van der Waals surface area contributed by atoms with Crippen LogP contribution in [0.1, 0.15) is 58.8 Å². The molecule has 1 fully saturated rings. The van der Waals surface area contributed by atoms with Crippen LogP contribution in [0.2, 0.25) is 0 Å². The number of ether oxygens (including phenoxy) is 2. The number of amides is 2. The van der Waals surface area contributed by atoms with Crippen molar-refractivity contribution in [3.8, 4) is 0 Å². The number of carbonyl (C=O) groups is 4. The second kappa shape index (κ2) is 14.4. The summed E-state index contributed by atoms with van der Waals surface area (Å²) in [5.74, 6) is -1.54. The maximum atomic E-state index is 13.0. The number of carbonyl (C=O) groups excluding carboxylic acids is 4. The fourth-order valence-corrected chi connectivity index (χ4v) is 4.96. The van der Waals surface area contributed by atoms with Crippen LogP contribution in [0.5, 0.6) is 0 Å². The topological polar surface area (TPSA) is 119 Å². The number of cyclic esters (lactones) is 1. The lowest BCUT2D eigenvalue weighted by Crippen LogP contribution is -2.38. The highest BCUT2D eigenvalue weighted by Gasteiger charge is 2.31. The lowest BCUT2D eigenvalue weighted by Gasteiger charge is -2.27. The third-order valence-electron chi connectivity index (χ3n) is 6.41. The largest absolute Gasteiger partial charge is 0.454 e. The number of nitrogens with one attached hydrogen (secondary N) is 1. The number of methoxy groups -OCH3 is 1. The first-order chi connectivity index (χ1) is 16.6. The summed E-state index contributed by atoms with van der Waals surface area (Å²) in [7, 11) is 4.04. The van der Waals surface area contributed by atoms with Crippen LogP contribution in [0.25, 0.3) is 0 Å². The number of aliphatic hydroxyl groups is 1. The van der Waals surface area contributed by atoms with Crippen molar-refractivity contribution in [2.45, 2.75) is 82.8 Å². The lowest BCUT2D eigenvalue weighted by molar-refractivity contribution is -0.142. The van der Waals surface area contributed by atoms with Crippen LogP contribution in [0.4, 0.5) is 0 Å². The van der Waals surface area contributed by atoms with Gasteiger partial charge in [-0.25, -0.2) is 4.79 Å². The van der Waals surface area contributed by atoms with Crippen molar-refractivity contribution in [1.82, 2.24) is 5.32 Å². The van der Waals surface area contributed by atoms with E-state index in [1.807, 2.05) is 25.2 Å². The van der Waals surface area contributed by atoms with Gasteiger partial charge in [0, 0.05) is 38.4 Å². The summed E-state index contributed by atoms with van der Waals surface area (Å²) >= 11 is 0. The van der Waals surface area contributed by atoms with Gasteiger partial charge in [-0.1, -0.05) is 31.2 Å². The third kappa shape index (κ3) is 9.43. The van der Waals surface area contributed by atoms with Crippen molar-refractivity contribution in [2.75, 3.05) is 7.11 Å². The Morgan fingerprint density at radius 1 is 1.23 bits per heavy atom. The molecule has 194 valence electrons. The molecule has 0 radical (unpaired) electrons. The van der Waals surface area contributed by atoms with Crippen molar-refractivity contribution in [2.24, 2.45) is 11.8 Å². The molecule has 35 heavy (non-hydrogen) atoms. The molecule has 2 aliphatic rings. The SMILES string of the molecule is CO[C@H]1/C=C/CC/C=C/C(=O)O[C@H]([C@H](P)C(=O)CCCC2CC(=O)NC(=O)C2)/C(C)=C\[C@@H](C)[C@@H]1O. The van der Waals surface area contributed by atoms with Gasteiger partial charge in [-0.05, 0) is 44.1 Å². The molecule has 0 aromatic carbocycles. The maximum absolute atomic E-state index is 13.0. The van der Waals surface area contributed by atoms with E-state index >= 15 is 0 Å². The number of ketones is 1. The third-order valence-corrected chi connectivity index (χ3v) is 7.13. The maximum Gasteiger partial charge on any atom is 0.331 e. The highest BCUT2D eigenvalue weighted by atomic mass is 31.0. The van der Waals surface area contributed by atoms with Crippen LogP contribution >= 0.6 is 9.24 Å². The van der Waals surface area contributed by atoms with Gasteiger partial charge in [0.2, 0.25) is 11.8 Å². The summed E-state index contributed by atoms with van der Waals surface area (Å²) in [6, 6.07) is 0. The van der Waals surface area contributed by atoms with Crippen LogP contribution in [-0.4, -0.2) is 59.8 Å². The number of imide groups is 1. The second-order valence-electron chi connectivity index (χ2n) is 9.36. The molecule has 0 bridgehead atoms. The van der Waals surface area contributed by atoms with E-state index in [9.17, 15) is 24.3 Å². The van der Waals surface area contributed by atoms with Crippen LogP contribution in [0.15, 0.2) is 36.0 Å². The van der Waals surface area contributed by atoms with E-state index in [1.165, 1.54) is 6.08 Å². The van der Waals surface area contributed by atoms with Gasteiger partial charge in [0.1, 0.15) is 18.0 Å². The molecule has 0 saturated carbocycles. The molecule has 0 aromatic heterocycles. The second-order valence-corrected chi connectivity index (χ2v) is 10.1.